The summed E-state index contributed by atoms with van der Waals surface area (Å²) in [5, 5.41) is 2.89. The van der Waals surface area contributed by atoms with Gasteiger partial charge in [-0.25, -0.2) is 0 Å². The highest BCUT2D eigenvalue weighted by Gasteiger charge is 2.34. The molecule has 1 unspecified atom stereocenters. The molecule has 0 bridgehead atoms. The van der Waals surface area contributed by atoms with Crippen LogP contribution in [0.1, 0.15) is 24.7 Å². The molecule has 3 rings (SSSR count). The van der Waals surface area contributed by atoms with E-state index in [0.29, 0.717) is 13.1 Å². The molecule has 2 heterocycles. The molecular formula is C18H20N2O3. The summed E-state index contributed by atoms with van der Waals surface area (Å²) in [6, 6.07) is 11.4. The normalized spacial score (nSPS) is 17.5. The molecule has 0 aliphatic carbocycles. The van der Waals surface area contributed by atoms with Crippen LogP contribution >= 0.6 is 0 Å². The lowest BCUT2D eigenvalue weighted by atomic mass is 10.1. The number of furan rings is 1. The number of likely N-dealkylation sites (tertiary alicyclic amines) is 1. The minimum Gasteiger partial charge on any atom is -0.467 e. The molecule has 0 spiro atoms. The summed E-state index contributed by atoms with van der Waals surface area (Å²) >= 11 is 0. The third kappa shape index (κ3) is 3.62. The molecule has 1 aliphatic heterocycles. The maximum absolute atomic E-state index is 12.3. The summed E-state index contributed by atoms with van der Waals surface area (Å²) in [5.74, 6) is 0.297. The number of carbonyl (C=O) groups excluding carboxylic acids is 2. The van der Waals surface area contributed by atoms with Crippen LogP contribution in [0.15, 0.2) is 47.1 Å². The van der Waals surface area contributed by atoms with Crippen molar-refractivity contribution in [2.45, 2.75) is 26.3 Å². The van der Waals surface area contributed by atoms with E-state index in [4.69, 9.17) is 4.42 Å². The number of rotatable bonds is 5. The molecule has 23 heavy (non-hydrogen) atoms. The summed E-state index contributed by atoms with van der Waals surface area (Å²) in [6.07, 6.45) is 2.80. The average Bonchev–Trinajstić information content (AvgIpc) is 3.19. The monoisotopic (exact) mass is 312 g/mol. The molecule has 2 aromatic rings. The third-order valence-corrected chi connectivity index (χ3v) is 4.14. The van der Waals surface area contributed by atoms with Gasteiger partial charge in [-0.15, -0.1) is 0 Å². The molecule has 5 nitrogen and oxygen atoms in total. The molecule has 120 valence electrons. The van der Waals surface area contributed by atoms with E-state index in [-0.39, 0.29) is 24.2 Å². The van der Waals surface area contributed by atoms with Crippen molar-refractivity contribution in [2.24, 2.45) is 5.92 Å². The molecular weight excluding hydrogens is 292 g/mol. The van der Waals surface area contributed by atoms with Crippen LogP contribution in [0.3, 0.4) is 0 Å². The Labute approximate surface area is 135 Å². The van der Waals surface area contributed by atoms with E-state index in [1.54, 1.807) is 17.2 Å². The second-order valence-corrected chi connectivity index (χ2v) is 5.79. The number of benzene rings is 1. The van der Waals surface area contributed by atoms with E-state index in [9.17, 15) is 9.59 Å². The average molecular weight is 312 g/mol. The Morgan fingerprint density at radius 2 is 2.09 bits per heavy atom. The lowest BCUT2D eigenvalue weighted by Gasteiger charge is -2.15. The van der Waals surface area contributed by atoms with Gasteiger partial charge in [0.25, 0.3) is 0 Å². The van der Waals surface area contributed by atoms with Gasteiger partial charge in [0.15, 0.2) is 0 Å². The van der Waals surface area contributed by atoms with Gasteiger partial charge in [-0.3, -0.25) is 9.59 Å². The van der Waals surface area contributed by atoms with Crippen molar-refractivity contribution in [3.63, 3.8) is 0 Å². The van der Waals surface area contributed by atoms with Gasteiger partial charge < -0.3 is 14.6 Å². The summed E-state index contributed by atoms with van der Waals surface area (Å²) in [5.41, 5.74) is 1.99. The largest absolute Gasteiger partial charge is 0.467 e. The quantitative estimate of drug-likeness (QED) is 0.923. The van der Waals surface area contributed by atoms with Gasteiger partial charge in [-0.2, -0.15) is 0 Å². The zero-order valence-corrected chi connectivity index (χ0v) is 13.1. The van der Waals surface area contributed by atoms with Gasteiger partial charge in [-0.05, 0) is 36.2 Å². The number of amides is 2. The molecule has 2 amide bonds. The van der Waals surface area contributed by atoms with E-state index in [2.05, 4.69) is 12.2 Å². The topological polar surface area (TPSA) is 62.6 Å². The Morgan fingerprint density at radius 3 is 2.74 bits per heavy atom. The lowest BCUT2D eigenvalue weighted by molar-refractivity contribution is -0.128. The van der Waals surface area contributed by atoms with Crippen LogP contribution in [0.5, 0.6) is 0 Å². The van der Waals surface area contributed by atoms with Gasteiger partial charge in [0.2, 0.25) is 11.8 Å². The van der Waals surface area contributed by atoms with Gasteiger partial charge in [-0.1, -0.05) is 19.1 Å². The summed E-state index contributed by atoms with van der Waals surface area (Å²) in [4.78, 5) is 26.1. The number of nitrogens with one attached hydrogen (secondary N) is 1. The first-order chi connectivity index (χ1) is 11.2. The number of carbonyl (C=O) groups is 2. The van der Waals surface area contributed by atoms with Crippen LogP contribution in [0, 0.1) is 5.92 Å². The zero-order chi connectivity index (χ0) is 16.2. The van der Waals surface area contributed by atoms with E-state index in [1.807, 2.05) is 30.3 Å². The SMILES string of the molecule is CCc1ccc(NC(=O)C2CC(=O)N(Cc3ccco3)C2)cc1. The van der Waals surface area contributed by atoms with E-state index >= 15 is 0 Å². The van der Waals surface area contributed by atoms with E-state index in [0.717, 1.165) is 17.9 Å². The number of nitrogens with zero attached hydrogens (tertiary/aromatic N) is 1. The van der Waals surface area contributed by atoms with E-state index < -0.39 is 0 Å². The first-order valence-corrected chi connectivity index (χ1v) is 7.85. The van der Waals surface area contributed by atoms with Gasteiger partial charge in [0, 0.05) is 18.7 Å². The maximum Gasteiger partial charge on any atom is 0.229 e. The molecule has 5 heteroatoms. The van der Waals surface area contributed by atoms with Gasteiger partial charge in [0.05, 0.1) is 18.7 Å². The first kappa shape index (κ1) is 15.3. The van der Waals surface area contributed by atoms with Crippen LogP contribution in [0.4, 0.5) is 5.69 Å². The molecule has 1 N–H and O–H groups in total. The first-order valence-electron chi connectivity index (χ1n) is 7.85. The molecule has 0 radical (unpaired) electrons. The smallest absolute Gasteiger partial charge is 0.229 e. The lowest BCUT2D eigenvalue weighted by Crippen LogP contribution is -2.27. The van der Waals surface area contributed by atoms with Crippen LogP contribution < -0.4 is 5.32 Å². The summed E-state index contributed by atoms with van der Waals surface area (Å²) in [7, 11) is 0. The van der Waals surface area contributed by atoms with Gasteiger partial charge in [0.1, 0.15) is 5.76 Å². The van der Waals surface area contributed by atoms with Crippen molar-refractivity contribution in [3.8, 4) is 0 Å². The zero-order valence-electron chi connectivity index (χ0n) is 13.1. The van der Waals surface area contributed by atoms with E-state index in [1.165, 1.54) is 5.56 Å². The fraction of sp³-hybridized carbons (Fsp3) is 0.333. The third-order valence-electron chi connectivity index (χ3n) is 4.14. The Kier molecular flexibility index (Phi) is 4.46. The second kappa shape index (κ2) is 6.69. The predicted molar refractivity (Wildman–Crippen MR) is 86.7 cm³/mol. The second-order valence-electron chi connectivity index (χ2n) is 5.79. The Balaban J connectivity index is 1.58. The van der Waals surface area contributed by atoms with Crippen molar-refractivity contribution in [2.75, 3.05) is 11.9 Å². The number of aryl methyl sites for hydroxylation is 1. The Morgan fingerprint density at radius 1 is 1.30 bits per heavy atom. The number of hydrogen-bond acceptors (Lipinski definition) is 3. The molecule has 0 saturated carbocycles. The van der Waals surface area contributed by atoms with Crippen molar-refractivity contribution < 1.29 is 14.0 Å². The van der Waals surface area contributed by atoms with Crippen molar-refractivity contribution in [1.82, 2.24) is 4.90 Å². The molecule has 1 aromatic heterocycles. The van der Waals surface area contributed by atoms with Crippen LogP contribution in [0.2, 0.25) is 0 Å². The minimum atomic E-state index is -0.316. The molecule has 1 saturated heterocycles. The Bertz CT molecular complexity index is 677. The molecule has 1 atom stereocenters. The standard InChI is InChI=1S/C18H20N2O3/c1-2-13-5-7-15(8-6-13)19-18(22)14-10-17(21)20(11-14)12-16-4-3-9-23-16/h3-9,14H,2,10-12H2,1H3,(H,19,22). The maximum atomic E-state index is 12.3. The van der Waals surface area contributed by atoms with Crippen molar-refractivity contribution >= 4 is 17.5 Å². The highest BCUT2D eigenvalue weighted by Crippen LogP contribution is 2.22. The highest BCUT2D eigenvalue weighted by atomic mass is 16.3. The van der Waals surface area contributed by atoms with Crippen LogP contribution in [-0.2, 0) is 22.6 Å². The minimum absolute atomic E-state index is 0.0112. The highest BCUT2D eigenvalue weighted by molar-refractivity contribution is 5.97. The van der Waals surface area contributed by atoms with Crippen LogP contribution in [-0.4, -0.2) is 23.3 Å². The fourth-order valence-corrected chi connectivity index (χ4v) is 2.76. The number of hydrogen-bond donors (Lipinski definition) is 1. The molecule has 1 aliphatic rings. The summed E-state index contributed by atoms with van der Waals surface area (Å²) < 4.78 is 5.26. The predicted octanol–water partition coefficient (Wildman–Crippen LogP) is 2.83. The number of anilines is 1. The van der Waals surface area contributed by atoms with Crippen LogP contribution in [0.25, 0.3) is 0 Å². The molecule has 1 aromatic carbocycles. The van der Waals surface area contributed by atoms with Gasteiger partial charge >= 0.3 is 0 Å². The summed E-state index contributed by atoms with van der Waals surface area (Å²) in [6.45, 7) is 2.94. The van der Waals surface area contributed by atoms with Crippen molar-refractivity contribution in [1.29, 1.82) is 0 Å². The van der Waals surface area contributed by atoms with Crippen molar-refractivity contribution in [3.05, 3.63) is 54.0 Å². The fourth-order valence-electron chi connectivity index (χ4n) is 2.76. The Hall–Kier alpha value is -2.56. The molecule has 1 fully saturated rings.